The Morgan fingerprint density at radius 2 is 2.33 bits per heavy atom. The molecule has 1 aromatic heterocycles. The van der Waals surface area contributed by atoms with Crippen LogP contribution in [0.1, 0.15) is 26.0 Å². The fraction of sp³-hybridized carbons (Fsp3) is 0.692. The van der Waals surface area contributed by atoms with Crippen LogP contribution >= 0.6 is 0 Å². The molecule has 100 valence electrons. The van der Waals surface area contributed by atoms with Gasteiger partial charge < -0.3 is 4.74 Å². The smallest absolute Gasteiger partial charge is 0.316 e. The third kappa shape index (κ3) is 2.77. The van der Waals surface area contributed by atoms with Crippen LogP contribution in [-0.4, -0.2) is 40.7 Å². The summed E-state index contributed by atoms with van der Waals surface area (Å²) in [6.07, 6.45) is 2.27. The number of nitrogens with zero attached hydrogens (tertiary/aromatic N) is 3. The quantitative estimate of drug-likeness (QED) is 0.823. The third-order valence-electron chi connectivity index (χ3n) is 3.62. The number of methoxy groups -OCH3 is 1. The summed E-state index contributed by atoms with van der Waals surface area (Å²) in [4.78, 5) is 10.3. The van der Waals surface area contributed by atoms with Crippen molar-refractivity contribution < 1.29 is 9.13 Å². The van der Waals surface area contributed by atoms with E-state index in [9.17, 15) is 4.39 Å². The number of aromatic nitrogens is 2. The van der Waals surface area contributed by atoms with Crippen molar-refractivity contribution in [1.29, 1.82) is 0 Å². The third-order valence-corrected chi connectivity index (χ3v) is 3.62. The number of ether oxygens (including phenoxy) is 1. The Bertz CT molecular complexity index is 413. The van der Waals surface area contributed by atoms with Gasteiger partial charge in [0.05, 0.1) is 12.8 Å². The Morgan fingerprint density at radius 1 is 1.56 bits per heavy atom. The second-order valence-electron chi connectivity index (χ2n) is 5.18. The molecule has 1 aliphatic heterocycles. The summed E-state index contributed by atoms with van der Waals surface area (Å²) in [7, 11) is 1.54. The van der Waals surface area contributed by atoms with Crippen LogP contribution < -0.4 is 4.74 Å². The van der Waals surface area contributed by atoms with E-state index in [2.05, 4.69) is 14.9 Å². The molecule has 5 heteroatoms. The van der Waals surface area contributed by atoms with E-state index in [4.69, 9.17) is 4.74 Å². The maximum absolute atomic E-state index is 14.4. The van der Waals surface area contributed by atoms with Gasteiger partial charge in [0.1, 0.15) is 5.67 Å². The predicted octanol–water partition coefficient (Wildman–Crippen LogP) is 2.06. The molecule has 2 rings (SSSR count). The maximum atomic E-state index is 14.4. The summed E-state index contributed by atoms with van der Waals surface area (Å²) in [6, 6.07) is 2.21. The Labute approximate surface area is 107 Å². The lowest BCUT2D eigenvalue weighted by Gasteiger charge is -2.24. The van der Waals surface area contributed by atoms with Gasteiger partial charge in [-0.25, -0.2) is 9.37 Å². The van der Waals surface area contributed by atoms with Crippen LogP contribution in [0.15, 0.2) is 12.3 Å². The van der Waals surface area contributed by atoms with E-state index in [0.717, 1.165) is 12.2 Å². The van der Waals surface area contributed by atoms with Crippen LogP contribution in [0.4, 0.5) is 4.39 Å². The summed E-state index contributed by atoms with van der Waals surface area (Å²) in [6.45, 7) is 5.80. The van der Waals surface area contributed by atoms with Gasteiger partial charge in [-0.2, -0.15) is 4.98 Å². The maximum Gasteiger partial charge on any atom is 0.316 e. The van der Waals surface area contributed by atoms with Gasteiger partial charge in [0.25, 0.3) is 0 Å². The molecule has 4 nitrogen and oxygen atoms in total. The topological polar surface area (TPSA) is 38.2 Å². The molecule has 0 aromatic carbocycles. The fourth-order valence-electron chi connectivity index (χ4n) is 2.27. The van der Waals surface area contributed by atoms with E-state index >= 15 is 0 Å². The number of hydrogen-bond donors (Lipinski definition) is 0. The first-order chi connectivity index (χ1) is 8.53. The second kappa shape index (κ2) is 5.18. The van der Waals surface area contributed by atoms with Gasteiger partial charge in [-0.05, 0) is 18.4 Å². The Hall–Kier alpha value is -1.23. The van der Waals surface area contributed by atoms with Crippen LogP contribution in [0.5, 0.6) is 6.01 Å². The second-order valence-corrected chi connectivity index (χ2v) is 5.18. The highest BCUT2D eigenvalue weighted by molar-refractivity contribution is 5.06. The molecule has 1 atom stereocenters. The van der Waals surface area contributed by atoms with Crippen molar-refractivity contribution in [3.63, 3.8) is 0 Å². The Balaban J connectivity index is 1.99. The zero-order valence-electron chi connectivity index (χ0n) is 11.2. The van der Waals surface area contributed by atoms with Crippen molar-refractivity contribution in [2.75, 3.05) is 20.2 Å². The lowest BCUT2D eigenvalue weighted by atomic mass is 9.92. The van der Waals surface area contributed by atoms with E-state index < -0.39 is 5.67 Å². The number of rotatable bonds is 4. The molecule has 2 heterocycles. The molecule has 1 unspecified atom stereocenters. The van der Waals surface area contributed by atoms with Gasteiger partial charge in [-0.1, -0.05) is 13.8 Å². The van der Waals surface area contributed by atoms with Gasteiger partial charge in [0.2, 0.25) is 0 Å². The van der Waals surface area contributed by atoms with E-state index in [-0.39, 0.29) is 5.92 Å². The molecule has 1 aromatic rings. The van der Waals surface area contributed by atoms with E-state index in [1.54, 1.807) is 13.3 Å². The first-order valence-electron chi connectivity index (χ1n) is 6.31. The largest absolute Gasteiger partial charge is 0.467 e. The van der Waals surface area contributed by atoms with Crippen LogP contribution in [0.25, 0.3) is 0 Å². The van der Waals surface area contributed by atoms with Crippen LogP contribution in [0.2, 0.25) is 0 Å². The van der Waals surface area contributed by atoms with Crippen molar-refractivity contribution in [1.82, 2.24) is 14.9 Å². The zero-order chi connectivity index (χ0) is 13.2. The molecule has 18 heavy (non-hydrogen) atoms. The monoisotopic (exact) mass is 253 g/mol. The van der Waals surface area contributed by atoms with Gasteiger partial charge >= 0.3 is 6.01 Å². The summed E-state index contributed by atoms with van der Waals surface area (Å²) >= 11 is 0. The minimum absolute atomic E-state index is 0.0578. The van der Waals surface area contributed by atoms with E-state index in [0.29, 0.717) is 25.5 Å². The molecule has 0 amide bonds. The van der Waals surface area contributed by atoms with Crippen molar-refractivity contribution in [3.05, 3.63) is 18.0 Å². The van der Waals surface area contributed by atoms with E-state index in [1.807, 2.05) is 19.9 Å². The van der Waals surface area contributed by atoms with Crippen molar-refractivity contribution in [2.24, 2.45) is 5.92 Å². The standard InChI is InChI=1S/C13H20FN3O/c1-10(2)13(14)5-7-17(9-13)8-11-4-6-15-12(16-11)18-3/h4,6,10H,5,7-9H2,1-3H3. The number of likely N-dealkylation sites (tertiary alicyclic amines) is 1. The Kier molecular flexibility index (Phi) is 3.80. The normalized spacial score (nSPS) is 24.7. The summed E-state index contributed by atoms with van der Waals surface area (Å²) in [5, 5.41) is 0. The van der Waals surface area contributed by atoms with Crippen molar-refractivity contribution in [2.45, 2.75) is 32.5 Å². The highest BCUT2D eigenvalue weighted by Gasteiger charge is 2.40. The molecule has 1 fully saturated rings. The molecule has 0 N–H and O–H groups in total. The molecule has 0 bridgehead atoms. The molecule has 1 saturated heterocycles. The predicted molar refractivity (Wildman–Crippen MR) is 67.2 cm³/mol. The molecular weight excluding hydrogens is 233 g/mol. The molecule has 0 aliphatic carbocycles. The number of alkyl halides is 1. The van der Waals surface area contributed by atoms with Crippen LogP contribution in [-0.2, 0) is 6.54 Å². The molecule has 0 saturated carbocycles. The average molecular weight is 253 g/mol. The molecule has 0 spiro atoms. The molecular formula is C13H20FN3O. The minimum Gasteiger partial charge on any atom is -0.467 e. The first kappa shape index (κ1) is 13.2. The number of hydrogen-bond acceptors (Lipinski definition) is 4. The summed E-state index contributed by atoms with van der Waals surface area (Å²) < 4.78 is 19.4. The average Bonchev–Trinajstić information content (AvgIpc) is 2.72. The SMILES string of the molecule is COc1nccc(CN2CCC(F)(C(C)C)C2)n1. The zero-order valence-corrected chi connectivity index (χ0v) is 11.2. The van der Waals surface area contributed by atoms with Gasteiger partial charge in [0.15, 0.2) is 0 Å². The first-order valence-corrected chi connectivity index (χ1v) is 6.31. The lowest BCUT2D eigenvalue weighted by Crippen LogP contribution is -2.33. The molecule has 1 aliphatic rings. The van der Waals surface area contributed by atoms with Crippen LogP contribution in [0, 0.1) is 5.92 Å². The van der Waals surface area contributed by atoms with E-state index in [1.165, 1.54) is 0 Å². The summed E-state index contributed by atoms with van der Waals surface area (Å²) in [5.74, 6) is 0.0578. The molecule has 0 radical (unpaired) electrons. The van der Waals surface area contributed by atoms with Gasteiger partial charge in [-0.15, -0.1) is 0 Å². The van der Waals surface area contributed by atoms with Gasteiger partial charge in [0, 0.05) is 25.8 Å². The fourth-order valence-corrected chi connectivity index (χ4v) is 2.27. The number of halogens is 1. The highest BCUT2D eigenvalue weighted by atomic mass is 19.1. The minimum atomic E-state index is -1.06. The highest BCUT2D eigenvalue weighted by Crippen LogP contribution is 2.33. The Morgan fingerprint density at radius 3 is 2.94 bits per heavy atom. The van der Waals surface area contributed by atoms with Crippen molar-refractivity contribution in [3.8, 4) is 6.01 Å². The van der Waals surface area contributed by atoms with Crippen LogP contribution in [0.3, 0.4) is 0 Å². The summed E-state index contributed by atoms with van der Waals surface area (Å²) in [5.41, 5.74) is -0.188. The van der Waals surface area contributed by atoms with Crippen molar-refractivity contribution >= 4 is 0 Å². The van der Waals surface area contributed by atoms with Gasteiger partial charge in [-0.3, -0.25) is 4.90 Å². The lowest BCUT2D eigenvalue weighted by molar-refractivity contribution is 0.106.